The summed E-state index contributed by atoms with van der Waals surface area (Å²) in [6.07, 6.45) is 2.64. The highest BCUT2D eigenvalue weighted by atomic mass is 35.7. The average Bonchev–Trinajstić information content (AvgIpc) is 2.47. The maximum atomic E-state index is 10.8. The van der Waals surface area contributed by atoms with Crippen molar-refractivity contribution in [2.24, 2.45) is 0 Å². The minimum Gasteiger partial charge on any atom is -0.425 e. The Hall–Kier alpha value is -1.14. The Labute approximate surface area is 84.1 Å². The highest BCUT2D eigenvalue weighted by Crippen LogP contribution is 2.14. The third-order valence-corrected chi connectivity index (χ3v) is 2.59. The average molecular weight is 233 g/mol. The van der Waals surface area contributed by atoms with Gasteiger partial charge in [-0.05, 0) is 11.6 Å². The van der Waals surface area contributed by atoms with Crippen molar-refractivity contribution in [3.05, 3.63) is 24.2 Å². The maximum Gasteiger partial charge on any atom is 0.246 e. The number of hydrogen-bond donors (Lipinski definition) is 0. The van der Waals surface area contributed by atoms with Crippen LogP contribution in [-0.4, -0.2) is 18.4 Å². The number of fused-ring (bicyclic) bond motifs is 1. The summed E-state index contributed by atoms with van der Waals surface area (Å²) in [5.41, 5.74) is 1.38. The molecule has 74 valence electrons. The molecule has 0 spiro atoms. The van der Waals surface area contributed by atoms with Gasteiger partial charge in [0.05, 0.1) is 5.75 Å². The molecule has 0 aliphatic heterocycles. The summed E-state index contributed by atoms with van der Waals surface area (Å²) in [7, 11) is 1.54. The van der Waals surface area contributed by atoms with E-state index < -0.39 is 9.05 Å². The molecule has 2 rings (SSSR count). The zero-order chi connectivity index (χ0) is 10.2. The third-order valence-electron chi connectivity index (χ3n) is 1.58. The van der Waals surface area contributed by atoms with Crippen molar-refractivity contribution in [2.75, 3.05) is 0 Å². The molecule has 2 aromatic rings. The quantitative estimate of drug-likeness (QED) is 0.730. The highest BCUT2D eigenvalue weighted by molar-refractivity contribution is 8.13. The van der Waals surface area contributed by atoms with Crippen LogP contribution in [0.2, 0.25) is 0 Å². The molecular formula is C7H5ClN2O3S. The largest absolute Gasteiger partial charge is 0.425 e. The van der Waals surface area contributed by atoms with Crippen molar-refractivity contribution < 1.29 is 12.8 Å². The first-order chi connectivity index (χ1) is 6.54. The second kappa shape index (κ2) is 3.21. The summed E-state index contributed by atoms with van der Waals surface area (Å²) in [6.45, 7) is 0. The van der Waals surface area contributed by atoms with Gasteiger partial charge in [-0.15, -0.1) is 0 Å². The Morgan fingerprint density at radius 2 is 2.21 bits per heavy atom. The Morgan fingerprint density at radius 1 is 1.43 bits per heavy atom. The maximum absolute atomic E-state index is 10.8. The van der Waals surface area contributed by atoms with Gasteiger partial charge in [0, 0.05) is 16.9 Å². The van der Waals surface area contributed by atoms with E-state index in [1.54, 1.807) is 6.07 Å². The molecule has 0 aliphatic carbocycles. The molecule has 7 heteroatoms. The molecule has 0 atom stereocenters. The van der Waals surface area contributed by atoms with Crippen molar-refractivity contribution in [2.45, 2.75) is 5.75 Å². The summed E-state index contributed by atoms with van der Waals surface area (Å²) in [4.78, 5) is 7.72. The van der Waals surface area contributed by atoms with Crippen LogP contribution < -0.4 is 0 Å². The lowest BCUT2D eigenvalue weighted by atomic mass is 10.3. The van der Waals surface area contributed by atoms with Crippen LogP contribution in [0.1, 0.15) is 5.56 Å². The number of nitrogens with zero attached hydrogens (tertiary/aromatic N) is 2. The minimum atomic E-state index is -3.56. The van der Waals surface area contributed by atoms with Crippen LogP contribution in [-0.2, 0) is 14.8 Å². The normalized spacial score (nSPS) is 12.1. The zero-order valence-electron chi connectivity index (χ0n) is 6.84. The highest BCUT2D eigenvalue weighted by Gasteiger charge is 2.09. The Bertz CT molecular complexity index is 563. The predicted octanol–water partition coefficient (Wildman–Crippen LogP) is 1.29. The van der Waals surface area contributed by atoms with E-state index in [-0.39, 0.29) is 5.75 Å². The van der Waals surface area contributed by atoms with Gasteiger partial charge in [0.1, 0.15) is 5.52 Å². The fourth-order valence-electron chi connectivity index (χ4n) is 1.08. The van der Waals surface area contributed by atoms with Gasteiger partial charge in [0.25, 0.3) is 0 Å². The van der Waals surface area contributed by atoms with Crippen LogP contribution in [0.15, 0.2) is 23.1 Å². The van der Waals surface area contributed by atoms with Crippen molar-refractivity contribution in [3.63, 3.8) is 0 Å². The van der Waals surface area contributed by atoms with E-state index in [0.717, 1.165) is 0 Å². The summed E-state index contributed by atoms with van der Waals surface area (Å²) >= 11 is 0. The summed E-state index contributed by atoms with van der Waals surface area (Å²) in [5.74, 6) is -0.260. The monoisotopic (exact) mass is 232 g/mol. The lowest BCUT2D eigenvalue weighted by molar-refractivity contribution is 0.590. The Kier molecular flexibility index (Phi) is 2.16. The van der Waals surface area contributed by atoms with Crippen LogP contribution in [0, 0.1) is 0 Å². The molecule has 0 aromatic carbocycles. The van der Waals surface area contributed by atoms with Crippen molar-refractivity contribution >= 4 is 31.0 Å². The van der Waals surface area contributed by atoms with Crippen molar-refractivity contribution in [1.29, 1.82) is 0 Å². The molecule has 2 heterocycles. The molecule has 0 radical (unpaired) electrons. The molecule has 0 fully saturated rings. The van der Waals surface area contributed by atoms with Gasteiger partial charge in [0.15, 0.2) is 6.39 Å². The molecule has 14 heavy (non-hydrogen) atoms. The molecule has 5 nitrogen and oxygen atoms in total. The summed E-state index contributed by atoms with van der Waals surface area (Å²) in [6, 6.07) is 1.58. The smallest absolute Gasteiger partial charge is 0.246 e. The lowest BCUT2D eigenvalue weighted by Crippen LogP contribution is -1.95. The first-order valence-corrected chi connectivity index (χ1v) is 6.13. The fourth-order valence-corrected chi connectivity index (χ4v) is 2.01. The van der Waals surface area contributed by atoms with E-state index in [2.05, 4.69) is 9.97 Å². The number of aromatic nitrogens is 2. The number of rotatable bonds is 2. The second-order valence-corrected chi connectivity index (χ2v) is 5.48. The molecule has 2 aromatic heterocycles. The Balaban J connectivity index is 2.44. The zero-order valence-corrected chi connectivity index (χ0v) is 8.42. The molecule has 0 saturated carbocycles. The number of hydrogen-bond acceptors (Lipinski definition) is 5. The third kappa shape index (κ3) is 2.02. The number of oxazole rings is 1. The molecule has 0 N–H and O–H groups in total. The van der Waals surface area contributed by atoms with Gasteiger partial charge in [-0.25, -0.2) is 18.4 Å². The molecule has 0 aliphatic rings. The molecule has 0 amide bonds. The van der Waals surface area contributed by atoms with Gasteiger partial charge in [-0.2, -0.15) is 0 Å². The van der Waals surface area contributed by atoms with E-state index >= 15 is 0 Å². The van der Waals surface area contributed by atoms with Gasteiger partial charge >= 0.3 is 0 Å². The van der Waals surface area contributed by atoms with E-state index in [9.17, 15) is 8.42 Å². The first kappa shape index (κ1) is 9.42. The minimum absolute atomic E-state index is 0.260. The second-order valence-electron chi connectivity index (χ2n) is 2.70. The first-order valence-electron chi connectivity index (χ1n) is 3.65. The van der Waals surface area contributed by atoms with Gasteiger partial charge in [0.2, 0.25) is 14.8 Å². The van der Waals surface area contributed by atoms with Crippen LogP contribution in [0.5, 0.6) is 0 Å². The van der Waals surface area contributed by atoms with Crippen molar-refractivity contribution in [3.8, 4) is 0 Å². The van der Waals surface area contributed by atoms with Crippen LogP contribution in [0.25, 0.3) is 11.2 Å². The van der Waals surface area contributed by atoms with Crippen LogP contribution in [0.3, 0.4) is 0 Å². The van der Waals surface area contributed by atoms with E-state index in [0.29, 0.717) is 16.8 Å². The number of halogens is 1. The lowest BCUT2D eigenvalue weighted by Gasteiger charge is -1.95. The summed E-state index contributed by atoms with van der Waals surface area (Å²) in [5, 5.41) is 0. The summed E-state index contributed by atoms with van der Waals surface area (Å²) < 4.78 is 26.4. The van der Waals surface area contributed by atoms with E-state index in [4.69, 9.17) is 15.1 Å². The molecular weight excluding hydrogens is 228 g/mol. The molecule has 0 bridgehead atoms. The van der Waals surface area contributed by atoms with E-state index in [1.807, 2.05) is 0 Å². The van der Waals surface area contributed by atoms with Gasteiger partial charge < -0.3 is 4.42 Å². The fraction of sp³-hybridized carbons (Fsp3) is 0.143. The molecule has 0 saturated heterocycles. The van der Waals surface area contributed by atoms with Gasteiger partial charge in [-0.3, -0.25) is 0 Å². The van der Waals surface area contributed by atoms with E-state index in [1.165, 1.54) is 12.6 Å². The topological polar surface area (TPSA) is 73.1 Å². The molecule has 0 unspecified atom stereocenters. The standard InChI is InChI=1S/C7H5ClN2O3S/c8-14(11,12)3-5-1-6-7(9-2-5)13-4-10-6/h1-2,4H,3H2. The van der Waals surface area contributed by atoms with Gasteiger partial charge in [-0.1, -0.05) is 0 Å². The SMILES string of the molecule is O=S(=O)(Cl)Cc1cnc2ocnc2c1. The van der Waals surface area contributed by atoms with Crippen LogP contribution in [0.4, 0.5) is 0 Å². The van der Waals surface area contributed by atoms with Crippen LogP contribution >= 0.6 is 10.7 Å². The van der Waals surface area contributed by atoms with Crippen molar-refractivity contribution in [1.82, 2.24) is 9.97 Å². The number of pyridine rings is 1. The Morgan fingerprint density at radius 3 is 2.93 bits per heavy atom. The predicted molar refractivity (Wildman–Crippen MR) is 50.3 cm³/mol.